The minimum absolute atomic E-state index is 0.0980. The Bertz CT molecular complexity index is 734. The summed E-state index contributed by atoms with van der Waals surface area (Å²) in [6.07, 6.45) is 1.67. The van der Waals surface area contributed by atoms with Crippen LogP contribution in [0.25, 0.3) is 10.9 Å². The van der Waals surface area contributed by atoms with Gasteiger partial charge in [-0.2, -0.15) is 5.10 Å². The lowest BCUT2D eigenvalue weighted by atomic mass is 9.91. The Labute approximate surface area is 149 Å². The number of hydrogen-bond donors (Lipinski definition) is 2. The van der Waals surface area contributed by atoms with E-state index < -0.39 is 5.92 Å². The quantitative estimate of drug-likeness (QED) is 0.787. The van der Waals surface area contributed by atoms with Gasteiger partial charge in [-0.25, -0.2) is 0 Å². The summed E-state index contributed by atoms with van der Waals surface area (Å²) < 4.78 is 1.83. The van der Waals surface area contributed by atoms with Crippen molar-refractivity contribution in [1.29, 1.82) is 0 Å². The first-order chi connectivity index (χ1) is 12.2. The van der Waals surface area contributed by atoms with E-state index in [0.29, 0.717) is 18.8 Å². The van der Waals surface area contributed by atoms with Gasteiger partial charge < -0.3 is 15.4 Å². The van der Waals surface area contributed by atoms with Crippen molar-refractivity contribution in [3.8, 4) is 0 Å². The van der Waals surface area contributed by atoms with Crippen molar-refractivity contribution in [3.05, 3.63) is 29.5 Å². The SMILES string of the molecule is CC.CNC(=O)C(CCC=O)c1nn(C)c2cc(C3CNC3)ccc12. The molecular formula is C19H28N4O2. The third-order valence-corrected chi connectivity index (χ3v) is 4.62. The smallest absolute Gasteiger partial charge is 0.228 e. The average Bonchev–Trinajstić information content (AvgIpc) is 2.92. The Kier molecular flexibility index (Phi) is 6.70. The van der Waals surface area contributed by atoms with Crippen molar-refractivity contribution in [2.75, 3.05) is 20.1 Å². The maximum atomic E-state index is 12.2. The number of amides is 1. The molecule has 1 aliphatic heterocycles. The third kappa shape index (κ3) is 3.90. The van der Waals surface area contributed by atoms with E-state index in [1.54, 1.807) is 7.05 Å². The van der Waals surface area contributed by atoms with Crippen LogP contribution in [-0.4, -0.2) is 42.1 Å². The standard InChI is InChI=1S/C17H22N4O2.C2H6/c1-18-17(23)14(4-3-7-22)16-13-6-5-11(12-9-19-10-12)8-15(13)21(2)20-16;1-2/h5-8,12,14,19H,3-4,9-10H2,1-2H3,(H,18,23);1-2H3. The molecule has 3 rings (SSSR count). The van der Waals surface area contributed by atoms with Crippen molar-refractivity contribution in [1.82, 2.24) is 20.4 Å². The van der Waals surface area contributed by atoms with Crippen molar-refractivity contribution in [2.24, 2.45) is 7.05 Å². The topological polar surface area (TPSA) is 76.0 Å². The average molecular weight is 344 g/mol. The fraction of sp³-hybridized carbons (Fsp3) is 0.526. The molecule has 1 aliphatic rings. The van der Waals surface area contributed by atoms with Gasteiger partial charge in [0.1, 0.15) is 6.29 Å². The summed E-state index contributed by atoms with van der Waals surface area (Å²) in [6.45, 7) is 6.02. The summed E-state index contributed by atoms with van der Waals surface area (Å²) in [7, 11) is 3.51. The van der Waals surface area contributed by atoms with Gasteiger partial charge in [-0.3, -0.25) is 9.48 Å². The highest BCUT2D eigenvalue weighted by atomic mass is 16.1. The van der Waals surface area contributed by atoms with Crippen LogP contribution < -0.4 is 10.6 Å². The molecular weight excluding hydrogens is 316 g/mol. The Balaban J connectivity index is 0.00000109. The van der Waals surface area contributed by atoms with Crippen molar-refractivity contribution in [2.45, 2.75) is 38.5 Å². The second-order valence-electron chi connectivity index (χ2n) is 6.05. The maximum Gasteiger partial charge on any atom is 0.228 e. The third-order valence-electron chi connectivity index (χ3n) is 4.62. The van der Waals surface area contributed by atoms with E-state index >= 15 is 0 Å². The predicted octanol–water partition coefficient (Wildman–Crippen LogP) is 2.09. The molecule has 1 atom stereocenters. The van der Waals surface area contributed by atoms with Gasteiger partial charge >= 0.3 is 0 Å². The number of nitrogens with zero attached hydrogens (tertiary/aromatic N) is 2. The largest absolute Gasteiger partial charge is 0.359 e. The monoisotopic (exact) mass is 344 g/mol. The molecule has 6 nitrogen and oxygen atoms in total. The normalized spacial score (nSPS) is 15.0. The van der Waals surface area contributed by atoms with Crippen LogP contribution in [0.3, 0.4) is 0 Å². The second-order valence-corrected chi connectivity index (χ2v) is 6.05. The molecule has 2 aromatic rings. The summed E-state index contributed by atoms with van der Waals surface area (Å²) >= 11 is 0. The van der Waals surface area contributed by atoms with E-state index in [1.807, 2.05) is 25.6 Å². The van der Waals surface area contributed by atoms with Gasteiger partial charge in [-0.1, -0.05) is 26.0 Å². The molecule has 1 amide bonds. The van der Waals surface area contributed by atoms with E-state index in [-0.39, 0.29) is 5.91 Å². The highest BCUT2D eigenvalue weighted by Gasteiger charge is 2.26. The Hall–Kier alpha value is -2.21. The number of carbonyl (C=O) groups is 2. The molecule has 136 valence electrons. The summed E-state index contributed by atoms with van der Waals surface area (Å²) in [4.78, 5) is 22.9. The number of aromatic nitrogens is 2. The van der Waals surface area contributed by atoms with Crippen molar-refractivity contribution >= 4 is 23.1 Å². The summed E-state index contributed by atoms with van der Waals surface area (Å²) in [5.74, 6) is 0.0618. The molecule has 6 heteroatoms. The lowest BCUT2D eigenvalue weighted by molar-refractivity contribution is -0.122. The number of hydrogen-bond acceptors (Lipinski definition) is 4. The Morgan fingerprint density at radius 3 is 2.72 bits per heavy atom. The van der Waals surface area contributed by atoms with Crippen molar-refractivity contribution < 1.29 is 9.59 Å². The number of rotatable bonds is 6. The lowest BCUT2D eigenvalue weighted by Crippen LogP contribution is -2.39. The van der Waals surface area contributed by atoms with E-state index in [2.05, 4.69) is 33.9 Å². The molecule has 2 N–H and O–H groups in total. The Morgan fingerprint density at radius 2 is 2.16 bits per heavy atom. The number of fused-ring (bicyclic) bond motifs is 1. The number of carbonyl (C=O) groups excluding carboxylic acids is 2. The minimum Gasteiger partial charge on any atom is -0.359 e. The van der Waals surface area contributed by atoms with E-state index in [0.717, 1.165) is 36.0 Å². The minimum atomic E-state index is -0.398. The predicted molar refractivity (Wildman–Crippen MR) is 99.8 cm³/mol. The van der Waals surface area contributed by atoms with Gasteiger partial charge in [0.05, 0.1) is 17.1 Å². The molecule has 25 heavy (non-hydrogen) atoms. The van der Waals surface area contributed by atoms with Gasteiger partial charge in [0, 0.05) is 44.9 Å². The van der Waals surface area contributed by atoms with Crippen LogP contribution in [-0.2, 0) is 16.6 Å². The molecule has 0 saturated carbocycles. The first kappa shape index (κ1) is 19.1. The number of benzene rings is 1. The summed E-state index contributed by atoms with van der Waals surface area (Å²) in [6, 6.07) is 6.35. The zero-order valence-corrected chi connectivity index (χ0v) is 15.5. The summed E-state index contributed by atoms with van der Waals surface area (Å²) in [5, 5.41) is 11.5. The van der Waals surface area contributed by atoms with Crippen molar-refractivity contribution in [3.63, 3.8) is 0 Å². The van der Waals surface area contributed by atoms with Gasteiger partial charge in [0.15, 0.2) is 0 Å². The van der Waals surface area contributed by atoms with Crippen LogP contribution in [0.4, 0.5) is 0 Å². The van der Waals surface area contributed by atoms with Crippen LogP contribution in [0.15, 0.2) is 18.2 Å². The van der Waals surface area contributed by atoms with Crippen LogP contribution in [0.1, 0.15) is 49.8 Å². The number of aldehydes is 1. The molecule has 2 heterocycles. The van der Waals surface area contributed by atoms with Gasteiger partial charge in [0.2, 0.25) is 5.91 Å². The zero-order chi connectivity index (χ0) is 18.4. The van der Waals surface area contributed by atoms with E-state index in [4.69, 9.17) is 0 Å². The lowest BCUT2D eigenvalue weighted by Gasteiger charge is -2.27. The molecule has 1 aromatic carbocycles. The number of aryl methyl sites for hydroxylation is 1. The summed E-state index contributed by atoms with van der Waals surface area (Å²) in [5.41, 5.74) is 3.08. The molecule has 0 spiro atoms. The molecule has 0 bridgehead atoms. The number of nitrogens with one attached hydrogen (secondary N) is 2. The molecule has 0 radical (unpaired) electrons. The van der Waals surface area contributed by atoms with Gasteiger partial charge in [-0.05, 0) is 18.1 Å². The fourth-order valence-electron chi connectivity index (χ4n) is 3.14. The van der Waals surface area contributed by atoms with E-state index in [1.165, 1.54) is 5.56 Å². The van der Waals surface area contributed by atoms with Gasteiger partial charge in [-0.15, -0.1) is 0 Å². The second kappa shape index (κ2) is 8.76. The van der Waals surface area contributed by atoms with E-state index in [9.17, 15) is 9.59 Å². The number of likely N-dealkylation sites (N-methyl/N-ethyl adjacent to an activating group) is 1. The van der Waals surface area contributed by atoms with Crippen LogP contribution in [0.2, 0.25) is 0 Å². The maximum absolute atomic E-state index is 12.2. The van der Waals surface area contributed by atoms with Crippen LogP contribution >= 0.6 is 0 Å². The first-order valence-corrected chi connectivity index (χ1v) is 8.98. The fourth-order valence-corrected chi connectivity index (χ4v) is 3.14. The molecule has 0 aliphatic carbocycles. The molecule has 1 saturated heterocycles. The first-order valence-electron chi connectivity index (χ1n) is 8.98. The van der Waals surface area contributed by atoms with Crippen LogP contribution in [0, 0.1) is 0 Å². The van der Waals surface area contributed by atoms with Crippen LogP contribution in [0.5, 0.6) is 0 Å². The zero-order valence-electron chi connectivity index (χ0n) is 15.5. The molecule has 1 aromatic heterocycles. The molecule has 1 unspecified atom stereocenters. The van der Waals surface area contributed by atoms with Gasteiger partial charge in [0.25, 0.3) is 0 Å². The molecule has 1 fully saturated rings. The highest BCUT2D eigenvalue weighted by molar-refractivity contribution is 5.91. The highest BCUT2D eigenvalue weighted by Crippen LogP contribution is 2.31. The Morgan fingerprint density at radius 1 is 1.44 bits per heavy atom.